The molecule has 0 spiro atoms. The highest BCUT2D eigenvalue weighted by molar-refractivity contribution is 7.90. The molecule has 1 fully saturated rings. The van der Waals surface area contributed by atoms with Crippen LogP contribution in [0.1, 0.15) is 61.8 Å². The zero-order valence-electron chi connectivity index (χ0n) is 19.6. The SMILES string of the molecule is Cc1sccc1CC[C@H](O)/C=C/[C@@H]1[C@@H](CCCCCCC(=O)NS(=O)(=O)C(F)(F)F)[C@@H](O)C[C@H]1O. The van der Waals surface area contributed by atoms with E-state index in [1.54, 1.807) is 23.5 Å². The van der Waals surface area contributed by atoms with E-state index in [1.807, 2.05) is 18.4 Å². The number of aryl methyl sites for hydroxylation is 2. The molecule has 1 amide bonds. The first-order chi connectivity index (χ1) is 16.3. The summed E-state index contributed by atoms with van der Waals surface area (Å²) in [6.07, 6.45) is 5.27. The molecule has 200 valence electrons. The highest BCUT2D eigenvalue weighted by atomic mass is 32.2. The predicted octanol–water partition coefficient (Wildman–Crippen LogP) is 3.57. The fourth-order valence-corrected chi connectivity index (χ4v) is 5.66. The third-order valence-corrected chi connectivity index (χ3v) is 8.39. The van der Waals surface area contributed by atoms with E-state index in [-0.39, 0.29) is 31.1 Å². The average molecular weight is 542 g/mol. The Bertz CT molecular complexity index is 947. The van der Waals surface area contributed by atoms with Gasteiger partial charge in [-0.15, -0.1) is 11.3 Å². The number of sulfonamides is 1. The number of aliphatic hydroxyl groups excluding tert-OH is 3. The molecule has 0 unspecified atom stereocenters. The van der Waals surface area contributed by atoms with Crippen LogP contribution in [0.3, 0.4) is 0 Å². The molecule has 35 heavy (non-hydrogen) atoms. The normalized spacial score (nSPS) is 24.2. The Balaban J connectivity index is 1.72. The van der Waals surface area contributed by atoms with Crippen LogP contribution in [0.2, 0.25) is 0 Å². The number of hydrogen-bond acceptors (Lipinski definition) is 7. The van der Waals surface area contributed by atoms with Crippen molar-refractivity contribution in [1.82, 2.24) is 4.72 Å². The summed E-state index contributed by atoms with van der Waals surface area (Å²) in [6.45, 7) is 2.04. The van der Waals surface area contributed by atoms with Crippen LogP contribution in [-0.2, 0) is 21.2 Å². The first-order valence-corrected chi connectivity index (χ1v) is 14.1. The van der Waals surface area contributed by atoms with Gasteiger partial charge >= 0.3 is 15.5 Å². The van der Waals surface area contributed by atoms with Crippen LogP contribution in [0.15, 0.2) is 23.6 Å². The molecule has 12 heteroatoms. The van der Waals surface area contributed by atoms with Crippen LogP contribution >= 0.6 is 11.3 Å². The molecule has 0 saturated heterocycles. The number of thiophene rings is 1. The van der Waals surface area contributed by atoms with Gasteiger partial charge < -0.3 is 15.3 Å². The number of nitrogens with one attached hydrogen (secondary N) is 1. The highest BCUT2D eigenvalue weighted by Gasteiger charge is 2.46. The maximum atomic E-state index is 12.3. The maximum absolute atomic E-state index is 12.3. The van der Waals surface area contributed by atoms with Gasteiger partial charge in [-0.2, -0.15) is 21.6 Å². The summed E-state index contributed by atoms with van der Waals surface area (Å²) in [7, 11) is -5.68. The van der Waals surface area contributed by atoms with E-state index in [4.69, 9.17) is 0 Å². The van der Waals surface area contributed by atoms with Crippen LogP contribution in [0.4, 0.5) is 13.2 Å². The maximum Gasteiger partial charge on any atom is 0.516 e. The minimum Gasteiger partial charge on any atom is -0.393 e. The lowest BCUT2D eigenvalue weighted by molar-refractivity contribution is -0.120. The Morgan fingerprint density at radius 3 is 2.54 bits per heavy atom. The second-order valence-electron chi connectivity index (χ2n) is 9.03. The van der Waals surface area contributed by atoms with Gasteiger partial charge in [0, 0.05) is 23.6 Å². The van der Waals surface area contributed by atoms with Crippen LogP contribution in [0.25, 0.3) is 0 Å². The Kier molecular flexibility index (Phi) is 11.2. The Morgan fingerprint density at radius 1 is 1.23 bits per heavy atom. The topological polar surface area (TPSA) is 124 Å². The van der Waals surface area contributed by atoms with Crippen molar-refractivity contribution in [3.05, 3.63) is 34.0 Å². The van der Waals surface area contributed by atoms with Crippen molar-refractivity contribution in [3.63, 3.8) is 0 Å². The largest absolute Gasteiger partial charge is 0.516 e. The molecular weight excluding hydrogens is 507 g/mol. The fourth-order valence-electron chi connectivity index (χ4n) is 4.38. The molecule has 7 nitrogen and oxygen atoms in total. The molecule has 0 aromatic carbocycles. The first kappa shape index (κ1) is 29.8. The molecule has 4 N–H and O–H groups in total. The van der Waals surface area contributed by atoms with E-state index in [2.05, 4.69) is 0 Å². The number of amides is 1. The average Bonchev–Trinajstić information content (AvgIpc) is 3.27. The third-order valence-electron chi connectivity index (χ3n) is 6.39. The summed E-state index contributed by atoms with van der Waals surface area (Å²) < 4.78 is 59.6. The Labute approximate surface area is 208 Å². The zero-order valence-corrected chi connectivity index (χ0v) is 21.2. The number of halogens is 3. The van der Waals surface area contributed by atoms with Crippen LogP contribution in [-0.4, -0.2) is 53.5 Å². The summed E-state index contributed by atoms with van der Waals surface area (Å²) in [5.74, 6) is -1.68. The lowest BCUT2D eigenvalue weighted by atomic mass is 9.87. The van der Waals surface area contributed by atoms with Gasteiger partial charge in [-0.05, 0) is 55.5 Å². The van der Waals surface area contributed by atoms with Crippen molar-refractivity contribution >= 4 is 27.3 Å². The Morgan fingerprint density at radius 2 is 1.91 bits per heavy atom. The van der Waals surface area contributed by atoms with Crippen molar-refractivity contribution in [3.8, 4) is 0 Å². The summed E-state index contributed by atoms with van der Waals surface area (Å²) in [5.41, 5.74) is -4.32. The van der Waals surface area contributed by atoms with E-state index < -0.39 is 39.8 Å². The van der Waals surface area contributed by atoms with Crippen molar-refractivity contribution in [2.75, 3.05) is 0 Å². The van der Waals surface area contributed by atoms with Gasteiger partial charge in [-0.1, -0.05) is 31.4 Å². The number of unbranched alkanes of at least 4 members (excludes halogenated alkanes) is 3. The smallest absolute Gasteiger partial charge is 0.393 e. The molecule has 0 bridgehead atoms. The van der Waals surface area contributed by atoms with Crippen molar-refractivity contribution in [2.45, 2.75) is 88.5 Å². The number of rotatable bonds is 13. The molecule has 1 aliphatic rings. The summed E-state index contributed by atoms with van der Waals surface area (Å²) in [5, 5.41) is 33.0. The van der Waals surface area contributed by atoms with Gasteiger partial charge in [0.2, 0.25) is 5.91 Å². The van der Waals surface area contributed by atoms with Crippen LogP contribution in [0.5, 0.6) is 0 Å². The molecule has 1 aromatic heterocycles. The number of carbonyl (C=O) groups is 1. The lowest BCUT2D eigenvalue weighted by Gasteiger charge is -2.21. The predicted molar refractivity (Wildman–Crippen MR) is 127 cm³/mol. The molecule has 1 aliphatic carbocycles. The summed E-state index contributed by atoms with van der Waals surface area (Å²) >= 11 is 1.66. The molecule has 1 heterocycles. The van der Waals surface area contributed by atoms with E-state index in [9.17, 15) is 41.7 Å². The van der Waals surface area contributed by atoms with E-state index in [0.717, 1.165) is 11.1 Å². The second-order valence-corrected chi connectivity index (χ2v) is 11.8. The number of aliphatic hydroxyl groups is 3. The van der Waals surface area contributed by atoms with Gasteiger partial charge in [0.1, 0.15) is 0 Å². The van der Waals surface area contributed by atoms with Crippen LogP contribution in [0, 0.1) is 18.8 Å². The second kappa shape index (κ2) is 13.2. The highest BCUT2D eigenvalue weighted by Crippen LogP contribution is 2.37. The molecular formula is C23H34F3NO6S2. The van der Waals surface area contributed by atoms with E-state index >= 15 is 0 Å². The minimum absolute atomic E-state index is 0.187. The van der Waals surface area contributed by atoms with Gasteiger partial charge in [0.05, 0.1) is 18.3 Å². The van der Waals surface area contributed by atoms with Gasteiger partial charge in [-0.3, -0.25) is 4.79 Å². The molecule has 2 rings (SSSR count). The lowest BCUT2D eigenvalue weighted by Crippen LogP contribution is -2.40. The van der Waals surface area contributed by atoms with Gasteiger partial charge in [-0.25, -0.2) is 4.72 Å². The molecule has 0 aliphatic heterocycles. The zero-order chi connectivity index (χ0) is 26.2. The van der Waals surface area contributed by atoms with Crippen molar-refractivity contribution in [2.24, 2.45) is 11.8 Å². The minimum atomic E-state index is -5.68. The van der Waals surface area contributed by atoms with Gasteiger partial charge in [0.15, 0.2) is 0 Å². The fraction of sp³-hybridized carbons (Fsp3) is 0.696. The monoisotopic (exact) mass is 541 g/mol. The van der Waals surface area contributed by atoms with Crippen molar-refractivity contribution in [1.29, 1.82) is 0 Å². The molecule has 0 radical (unpaired) electrons. The van der Waals surface area contributed by atoms with Crippen LogP contribution < -0.4 is 4.72 Å². The quantitative estimate of drug-likeness (QED) is 0.224. The summed E-state index contributed by atoms with van der Waals surface area (Å²) in [4.78, 5) is 12.7. The standard InChI is InChI=1S/C23H34F3NO6S2/c1-15-16(12-13-34-15)8-9-17(28)10-11-19-18(20(29)14-21(19)30)6-4-2-3-5-7-22(31)27-35(32,33)23(24,25)26/h10-13,17-21,28-30H,2-9,14H2,1H3,(H,27,31)/b11-10+/t17-,18+,19+,20-,21+/m0/s1. The number of carbonyl (C=O) groups excluding carboxylic acids is 1. The first-order valence-electron chi connectivity index (χ1n) is 11.7. The van der Waals surface area contributed by atoms with E-state index in [0.29, 0.717) is 32.1 Å². The van der Waals surface area contributed by atoms with E-state index in [1.165, 1.54) is 10.4 Å². The molecule has 1 saturated carbocycles. The Hall–Kier alpha value is -1.47. The van der Waals surface area contributed by atoms with Crippen molar-refractivity contribution < 1.29 is 41.7 Å². The summed E-state index contributed by atoms with van der Waals surface area (Å²) in [6, 6.07) is 2.04. The molecule has 1 aromatic rings. The number of alkyl halides is 3. The number of hydrogen-bond donors (Lipinski definition) is 4. The van der Waals surface area contributed by atoms with Gasteiger partial charge in [0.25, 0.3) is 0 Å². The third kappa shape index (κ3) is 9.16. The molecule has 5 atom stereocenters.